The molecule has 0 spiro atoms. The molecule has 0 bridgehead atoms. The Morgan fingerprint density at radius 2 is 1.84 bits per heavy atom. The zero-order valence-electron chi connectivity index (χ0n) is 20.1. The standard InChI is InChI=1S/C25H21ClF4N4O3S/c1-3-37-16-7-5-15(6-8-16)34-24(35)17(31-25(34)38)11-13-4-9-18(36-2)14(10-13)12-33-21(23(29)30)19(26)20(32-33)22(27)28/h4-11,22-23H,3,12H2,1-2H3,(H,31,38)/b17-11+. The lowest BCUT2D eigenvalue weighted by Crippen LogP contribution is -2.30. The second kappa shape index (κ2) is 11.4. The lowest BCUT2D eigenvalue weighted by atomic mass is 10.1. The number of rotatable bonds is 9. The molecule has 1 aliphatic rings. The van der Waals surface area contributed by atoms with Gasteiger partial charge in [-0.15, -0.1) is 0 Å². The van der Waals surface area contributed by atoms with Crippen LogP contribution in [0.4, 0.5) is 23.2 Å². The van der Waals surface area contributed by atoms with Crippen LogP contribution in [0.2, 0.25) is 5.02 Å². The van der Waals surface area contributed by atoms with Gasteiger partial charge in [-0.05, 0) is 67.2 Å². The molecule has 1 saturated heterocycles. The topological polar surface area (TPSA) is 68.6 Å². The number of carbonyl (C=O) groups is 1. The van der Waals surface area contributed by atoms with Crippen molar-refractivity contribution < 1.29 is 31.8 Å². The number of hydrogen-bond donors (Lipinski definition) is 1. The number of nitrogens with one attached hydrogen (secondary N) is 1. The number of methoxy groups -OCH3 is 1. The summed E-state index contributed by atoms with van der Waals surface area (Å²) in [5.41, 5.74) is -0.186. The predicted molar refractivity (Wildman–Crippen MR) is 138 cm³/mol. The molecule has 3 aromatic rings. The monoisotopic (exact) mass is 568 g/mol. The van der Waals surface area contributed by atoms with E-state index in [0.29, 0.717) is 34.9 Å². The van der Waals surface area contributed by atoms with Crippen LogP contribution in [0.3, 0.4) is 0 Å². The molecule has 0 saturated carbocycles. The van der Waals surface area contributed by atoms with Gasteiger partial charge in [0.2, 0.25) is 0 Å². The fourth-order valence-corrected chi connectivity index (χ4v) is 4.51. The summed E-state index contributed by atoms with van der Waals surface area (Å²) in [6, 6.07) is 11.6. The largest absolute Gasteiger partial charge is 0.496 e. The van der Waals surface area contributed by atoms with Gasteiger partial charge in [0.25, 0.3) is 18.8 Å². The third-order valence-electron chi connectivity index (χ3n) is 5.59. The zero-order chi connectivity index (χ0) is 27.6. The van der Waals surface area contributed by atoms with Crippen molar-refractivity contribution in [3.05, 3.63) is 75.7 Å². The normalized spacial score (nSPS) is 14.7. The zero-order valence-corrected chi connectivity index (χ0v) is 21.6. The van der Waals surface area contributed by atoms with Gasteiger partial charge < -0.3 is 14.8 Å². The highest BCUT2D eigenvalue weighted by Crippen LogP contribution is 2.36. The van der Waals surface area contributed by atoms with Crippen molar-refractivity contribution in [1.29, 1.82) is 0 Å². The Labute approximate surface area is 225 Å². The number of hydrogen-bond acceptors (Lipinski definition) is 5. The summed E-state index contributed by atoms with van der Waals surface area (Å²) in [4.78, 5) is 14.4. The molecule has 7 nitrogen and oxygen atoms in total. The van der Waals surface area contributed by atoms with Crippen LogP contribution in [0.1, 0.15) is 42.3 Å². The molecular formula is C25H21ClF4N4O3S. The summed E-state index contributed by atoms with van der Waals surface area (Å²) in [5.74, 6) is 0.546. The minimum atomic E-state index is -3.13. The Balaban J connectivity index is 1.64. The Morgan fingerprint density at radius 1 is 1.13 bits per heavy atom. The maximum Gasteiger partial charge on any atom is 0.283 e. The molecule has 1 fully saturated rings. The lowest BCUT2D eigenvalue weighted by molar-refractivity contribution is -0.113. The van der Waals surface area contributed by atoms with Crippen molar-refractivity contribution in [3.63, 3.8) is 0 Å². The van der Waals surface area contributed by atoms with Crippen LogP contribution >= 0.6 is 23.8 Å². The van der Waals surface area contributed by atoms with Crippen molar-refractivity contribution in [2.24, 2.45) is 0 Å². The van der Waals surface area contributed by atoms with Gasteiger partial charge in [0.15, 0.2) is 5.11 Å². The average molecular weight is 569 g/mol. The van der Waals surface area contributed by atoms with Crippen LogP contribution < -0.4 is 19.7 Å². The first-order valence-electron chi connectivity index (χ1n) is 11.2. The lowest BCUT2D eigenvalue weighted by Gasteiger charge is -2.14. The molecule has 1 amide bonds. The highest BCUT2D eigenvalue weighted by atomic mass is 35.5. The summed E-state index contributed by atoms with van der Waals surface area (Å²) >= 11 is 11.1. The van der Waals surface area contributed by atoms with Crippen molar-refractivity contribution >= 4 is 46.6 Å². The van der Waals surface area contributed by atoms with E-state index in [1.165, 1.54) is 18.1 Å². The SMILES string of the molecule is CCOc1ccc(N2C(=O)/C(=C\c3ccc(OC)c(Cn4nc(C(F)F)c(Cl)c4C(F)F)c3)NC2=S)cc1. The first-order chi connectivity index (χ1) is 18.1. The second-order valence-corrected chi connectivity index (χ2v) is 8.74. The molecule has 38 heavy (non-hydrogen) atoms. The molecule has 13 heteroatoms. The fraction of sp³-hybridized carbons (Fsp3) is 0.240. The van der Waals surface area contributed by atoms with Crippen molar-refractivity contribution in [2.45, 2.75) is 26.3 Å². The molecule has 2 heterocycles. The van der Waals surface area contributed by atoms with Crippen LogP contribution in [-0.4, -0.2) is 34.5 Å². The summed E-state index contributed by atoms with van der Waals surface area (Å²) in [6.07, 6.45) is -4.73. The molecule has 0 unspecified atom stereocenters. The number of anilines is 1. The Kier molecular flexibility index (Phi) is 8.22. The summed E-state index contributed by atoms with van der Waals surface area (Å²) in [5, 5.41) is 5.87. The maximum atomic E-state index is 13.6. The molecule has 1 aromatic heterocycles. The average Bonchev–Trinajstić information content (AvgIpc) is 3.35. The van der Waals surface area contributed by atoms with Gasteiger partial charge in [-0.1, -0.05) is 17.7 Å². The molecule has 200 valence electrons. The van der Waals surface area contributed by atoms with Gasteiger partial charge >= 0.3 is 0 Å². The van der Waals surface area contributed by atoms with E-state index in [1.54, 1.807) is 42.5 Å². The number of amides is 1. The van der Waals surface area contributed by atoms with Crippen molar-refractivity contribution in [3.8, 4) is 11.5 Å². The van der Waals surface area contributed by atoms with Gasteiger partial charge in [0, 0.05) is 5.56 Å². The van der Waals surface area contributed by atoms with Crippen LogP contribution in [0.25, 0.3) is 6.08 Å². The first-order valence-corrected chi connectivity index (χ1v) is 12.0. The molecular weight excluding hydrogens is 548 g/mol. The van der Waals surface area contributed by atoms with E-state index >= 15 is 0 Å². The molecule has 4 rings (SSSR count). The quantitative estimate of drug-likeness (QED) is 0.190. The van der Waals surface area contributed by atoms with Crippen LogP contribution in [0.5, 0.6) is 11.5 Å². The minimum absolute atomic E-state index is 0.173. The number of halogens is 5. The maximum absolute atomic E-state index is 13.6. The van der Waals surface area contributed by atoms with E-state index in [9.17, 15) is 22.4 Å². The number of nitrogens with zero attached hydrogens (tertiary/aromatic N) is 3. The van der Waals surface area contributed by atoms with Gasteiger partial charge in [-0.2, -0.15) is 5.10 Å². The van der Waals surface area contributed by atoms with Crippen molar-refractivity contribution in [1.82, 2.24) is 15.1 Å². The Bertz CT molecular complexity index is 1400. The predicted octanol–water partition coefficient (Wildman–Crippen LogP) is 6.13. The third-order valence-corrected chi connectivity index (χ3v) is 6.26. The van der Waals surface area contributed by atoms with E-state index in [4.69, 9.17) is 33.3 Å². The van der Waals surface area contributed by atoms with E-state index in [-0.39, 0.29) is 17.4 Å². The molecule has 1 N–H and O–H groups in total. The minimum Gasteiger partial charge on any atom is -0.496 e. The highest BCUT2D eigenvalue weighted by Gasteiger charge is 2.32. The van der Waals surface area contributed by atoms with Crippen molar-refractivity contribution in [2.75, 3.05) is 18.6 Å². The number of carbonyl (C=O) groups excluding carboxylic acids is 1. The number of aromatic nitrogens is 2. The molecule has 0 radical (unpaired) electrons. The number of alkyl halides is 4. The van der Waals surface area contributed by atoms with Gasteiger partial charge in [0.1, 0.15) is 28.6 Å². The second-order valence-electron chi connectivity index (χ2n) is 7.97. The third kappa shape index (κ3) is 5.46. The van der Waals surface area contributed by atoms with Crippen LogP contribution in [0.15, 0.2) is 48.2 Å². The number of ether oxygens (including phenoxy) is 2. The fourth-order valence-electron chi connectivity index (χ4n) is 3.91. The van der Waals surface area contributed by atoms with Gasteiger partial charge in [0.05, 0.1) is 31.0 Å². The number of thiocarbonyl (C=S) groups is 1. The Morgan fingerprint density at radius 3 is 2.45 bits per heavy atom. The molecule has 1 aliphatic heterocycles. The Hall–Kier alpha value is -3.64. The van der Waals surface area contributed by atoms with E-state index in [0.717, 1.165) is 4.68 Å². The summed E-state index contributed by atoms with van der Waals surface area (Å²) in [7, 11) is 1.38. The van der Waals surface area contributed by atoms with E-state index in [2.05, 4.69) is 10.4 Å². The van der Waals surface area contributed by atoms with Gasteiger partial charge in [-0.25, -0.2) is 17.6 Å². The summed E-state index contributed by atoms with van der Waals surface area (Å²) in [6.45, 7) is 2.04. The number of benzene rings is 2. The van der Waals surface area contributed by atoms with Crippen LogP contribution in [0, 0.1) is 0 Å². The van der Waals surface area contributed by atoms with Crippen LogP contribution in [-0.2, 0) is 11.3 Å². The van der Waals surface area contributed by atoms with E-state index in [1.807, 2.05) is 6.92 Å². The van der Waals surface area contributed by atoms with Gasteiger partial charge in [-0.3, -0.25) is 14.4 Å². The summed E-state index contributed by atoms with van der Waals surface area (Å²) < 4.78 is 65.2. The van der Waals surface area contributed by atoms with E-state index < -0.39 is 35.2 Å². The first kappa shape index (κ1) is 27.4. The molecule has 0 aliphatic carbocycles. The smallest absolute Gasteiger partial charge is 0.283 e. The highest BCUT2D eigenvalue weighted by molar-refractivity contribution is 7.80. The molecule has 2 aromatic carbocycles. The molecule has 0 atom stereocenters.